The molecule has 4 nitrogen and oxygen atoms in total. The number of nitrogens with zero attached hydrogens (tertiary/aromatic N) is 2. The van der Waals surface area contributed by atoms with Crippen molar-refractivity contribution in [2.45, 2.75) is 26.7 Å². The van der Waals surface area contributed by atoms with Gasteiger partial charge in [0.05, 0.1) is 11.4 Å². The molecule has 1 aromatic carbocycles. The zero-order valence-electron chi connectivity index (χ0n) is 12.4. The molecule has 0 atom stereocenters. The Morgan fingerprint density at radius 2 is 1.95 bits per heavy atom. The van der Waals surface area contributed by atoms with Gasteiger partial charge in [-0.05, 0) is 31.5 Å². The minimum atomic E-state index is -0.0187. The molecule has 4 heteroatoms. The minimum Gasteiger partial charge on any atom is -0.397 e. The van der Waals surface area contributed by atoms with Gasteiger partial charge in [-0.1, -0.05) is 13.3 Å². The number of nitrogen functional groups attached to an aromatic ring is 1. The van der Waals surface area contributed by atoms with Crippen LogP contribution < -0.4 is 10.6 Å². The number of amides is 1. The zero-order valence-corrected chi connectivity index (χ0v) is 12.4. The molecule has 106 valence electrons. The SMILES string of the molecule is CCCCN(CC)c1ccc(C(=O)N(C)C)cc1N. The van der Waals surface area contributed by atoms with Crippen molar-refractivity contribution in [2.75, 3.05) is 37.8 Å². The average Bonchev–Trinajstić information content (AvgIpc) is 2.39. The fourth-order valence-electron chi connectivity index (χ4n) is 2.03. The molecule has 0 bridgehead atoms. The van der Waals surface area contributed by atoms with Crippen LogP contribution in [0.25, 0.3) is 0 Å². The number of hydrogen-bond donors (Lipinski definition) is 1. The molecule has 0 aliphatic heterocycles. The van der Waals surface area contributed by atoms with Gasteiger partial charge in [0.15, 0.2) is 0 Å². The maximum atomic E-state index is 11.9. The van der Waals surface area contributed by atoms with Crippen molar-refractivity contribution in [3.8, 4) is 0 Å². The summed E-state index contributed by atoms with van der Waals surface area (Å²) in [4.78, 5) is 15.7. The molecule has 0 spiro atoms. The predicted octanol–water partition coefficient (Wildman–Crippen LogP) is 2.60. The van der Waals surface area contributed by atoms with Gasteiger partial charge in [0.25, 0.3) is 5.91 Å². The van der Waals surface area contributed by atoms with E-state index in [1.165, 1.54) is 0 Å². The molecular weight excluding hydrogens is 238 g/mol. The summed E-state index contributed by atoms with van der Waals surface area (Å²) < 4.78 is 0. The van der Waals surface area contributed by atoms with E-state index < -0.39 is 0 Å². The maximum Gasteiger partial charge on any atom is 0.253 e. The molecule has 0 saturated heterocycles. The predicted molar refractivity (Wildman–Crippen MR) is 81.7 cm³/mol. The van der Waals surface area contributed by atoms with E-state index >= 15 is 0 Å². The molecule has 0 aromatic heterocycles. The van der Waals surface area contributed by atoms with Crippen molar-refractivity contribution < 1.29 is 4.79 Å². The molecule has 0 unspecified atom stereocenters. The molecule has 0 aliphatic rings. The van der Waals surface area contributed by atoms with E-state index in [0.717, 1.165) is 31.6 Å². The minimum absolute atomic E-state index is 0.0187. The molecule has 0 aliphatic carbocycles. The largest absolute Gasteiger partial charge is 0.397 e. The van der Waals surface area contributed by atoms with E-state index in [4.69, 9.17) is 5.73 Å². The Labute approximate surface area is 116 Å². The second kappa shape index (κ2) is 7.02. The van der Waals surface area contributed by atoms with Crippen LogP contribution in [0.3, 0.4) is 0 Å². The van der Waals surface area contributed by atoms with Crippen LogP contribution in [-0.2, 0) is 0 Å². The highest BCUT2D eigenvalue weighted by atomic mass is 16.2. The third-order valence-corrected chi connectivity index (χ3v) is 3.18. The topological polar surface area (TPSA) is 49.6 Å². The van der Waals surface area contributed by atoms with Crippen LogP contribution in [-0.4, -0.2) is 38.0 Å². The molecular formula is C15H25N3O. The van der Waals surface area contributed by atoms with Crippen molar-refractivity contribution in [3.05, 3.63) is 23.8 Å². The van der Waals surface area contributed by atoms with Crippen LogP contribution in [0.2, 0.25) is 0 Å². The highest BCUT2D eigenvalue weighted by Gasteiger charge is 2.12. The van der Waals surface area contributed by atoms with Crippen LogP contribution in [0.4, 0.5) is 11.4 Å². The number of unbranched alkanes of at least 4 members (excludes halogenated alkanes) is 1. The van der Waals surface area contributed by atoms with Gasteiger partial charge >= 0.3 is 0 Å². The molecule has 0 saturated carbocycles. The summed E-state index contributed by atoms with van der Waals surface area (Å²) in [6, 6.07) is 5.57. The number of benzene rings is 1. The van der Waals surface area contributed by atoms with Gasteiger partial charge in [-0.2, -0.15) is 0 Å². The van der Waals surface area contributed by atoms with E-state index in [0.29, 0.717) is 11.3 Å². The Balaban J connectivity index is 2.95. The molecule has 19 heavy (non-hydrogen) atoms. The normalized spacial score (nSPS) is 10.3. The quantitative estimate of drug-likeness (QED) is 0.803. The summed E-state index contributed by atoms with van der Waals surface area (Å²) in [5.74, 6) is -0.0187. The number of anilines is 2. The summed E-state index contributed by atoms with van der Waals surface area (Å²) >= 11 is 0. The Bertz CT molecular complexity index is 429. The highest BCUT2D eigenvalue weighted by molar-refractivity contribution is 5.95. The Morgan fingerprint density at radius 3 is 2.42 bits per heavy atom. The lowest BCUT2D eigenvalue weighted by molar-refractivity contribution is 0.0827. The number of carbonyl (C=O) groups is 1. The Morgan fingerprint density at radius 1 is 1.26 bits per heavy atom. The first-order chi connectivity index (χ1) is 9.01. The molecule has 1 amide bonds. The highest BCUT2D eigenvalue weighted by Crippen LogP contribution is 2.25. The lowest BCUT2D eigenvalue weighted by atomic mass is 10.1. The van der Waals surface area contributed by atoms with Gasteiger partial charge in [-0.25, -0.2) is 0 Å². The second-order valence-electron chi connectivity index (χ2n) is 4.91. The number of rotatable bonds is 6. The van der Waals surface area contributed by atoms with Crippen molar-refractivity contribution in [1.82, 2.24) is 4.90 Å². The number of carbonyl (C=O) groups excluding carboxylic acids is 1. The van der Waals surface area contributed by atoms with Gasteiger partial charge in [-0.15, -0.1) is 0 Å². The smallest absolute Gasteiger partial charge is 0.253 e. The lowest BCUT2D eigenvalue weighted by Gasteiger charge is -2.25. The van der Waals surface area contributed by atoms with E-state index in [9.17, 15) is 4.79 Å². The summed E-state index contributed by atoms with van der Waals surface area (Å²) in [5.41, 5.74) is 8.42. The van der Waals surface area contributed by atoms with Gasteiger partial charge in [0.2, 0.25) is 0 Å². The summed E-state index contributed by atoms with van der Waals surface area (Å²) in [6.45, 7) is 6.22. The van der Waals surface area contributed by atoms with Crippen molar-refractivity contribution in [2.24, 2.45) is 0 Å². The molecule has 2 N–H and O–H groups in total. The van der Waals surface area contributed by atoms with Gasteiger partial charge in [0, 0.05) is 32.7 Å². The molecule has 1 rings (SSSR count). The molecule has 0 fully saturated rings. The number of hydrogen-bond acceptors (Lipinski definition) is 3. The first kappa shape index (κ1) is 15.3. The van der Waals surface area contributed by atoms with Crippen molar-refractivity contribution in [1.29, 1.82) is 0 Å². The van der Waals surface area contributed by atoms with Crippen LogP contribution in [0.1, 0.15) is 37.0 Å². The monoisotopic (exact) mass is 263 g/mol. The third kappa shape index (κ3) is 3.88. The summed E-state index contributed by atoms with van der Waals surface area (Å²) in [6.07, 6.45) is 2.30. The average molecular weight is 263 g/mol. The fraction of sp³-hybridized carbons (Fsp3) is 0.533. The first-order valence-electron chi connectivity index (χ1n) is 6.87. The maximum absolute atomic E-state index is 11.9. The Kier molecular flexibility index (Phi) is 5.67. The van der Waals surface area contributed by atoms with Crippen molar-refractivity contribution >= 4 is 17.3 Å². The van der Waals surface area contributed by atoms with E-state index in [1.54, 1.807) is 25.1 Å². The molecule has 0 radical (unpaired) electrons. The molecule has 0 heterocycles. The Hall–Kier alpha value is -1.71. The summed E-state index contributed by atoms with van der Waals surface area (Å²) in [7, 11) is 3.48. The third-order valence-electron chi connectivity index (χ3n) is 3.18. The number of nitrogens with two attached hydrogens (primary N) is 1. The van der Waals surface area contributed by atoms with Gasteiger partial charge in [-0.3, -0.25) is 4.79 Å². The first-order valence-corrected chi connectivity index (χ1v) is 6.87. The summed E-state index contributed by atoms with van der Waals surface area (Å²) in [5, 5.41) is 0. The zero-order chi connectivity index (χ0) is 14.4. The van der Waals surface area contributed by atoms with Crippen LogP contribution in [0.15, 0.2) is 18.2 Å². The fourth-order valence-corrected chi connectivity index (χ4v) is 2.03. The van der Waals surface area contributed by atoms with E-state index in [1.807, 2.05) is 12.1 Å². The van der Waals surface area contributed by atoms with Gasteiger partial charge < -0.3 is 15.5 Å². The van der Waals surface area contributed by atoms with Crippen LogP contribution in [0.5, 0.6) is 0 Å². The van der Waals surface area contributed by atoms with Crippen LogP contribution in [0, 0.1) is 0 Å². The van der Waals surface area contributed by atoms with Gasteiger partial charge in [0.1, 0.15) is 0 Å². The van der Waals surface area contributed by atoms with E-state index in [2.05, 4.69) is 18.7 Å². The standard InChI is InChI=1S/C15H25N3O/c1-5-7-10-18(6-2)14-9-8-12(11-13(14)16)15(19)17(3)4/h8-9,11H,5-7,10,16H2,1-4H3. The van der Waals surface area contributed by atoms with E-state index in [-0.39, 0.29) is 5.91 Å². The second-order valence-corrected chi connectivity index (χ2v) is 4.91. The lowest BCUT2D eigenvalue weighted by Crippen LogP contribution is -2.25. The van der Waals surface area contributed by atoms with Crippen molar-refractivity contribution in [3.63, 3.8) is 0 Å². The molecule has 1 aromatic rings. The van der Waals surface area contributed by atoms with Crippen LogP contribution >= 0.6 is 0 Å².